The van der Waals surface area contributed by atoms with Crippen molar-refractivity contribution < 1.29 is 80.2 Å². The second-order valence-corrected chi connectivity index (χ2v) is 28.1. The minimum absolute atomic E-state index is 0.106. The molecule has 6 atom stereocenters. The highest BCUT2D eigenvalue weighted by Gasteiger charge is 2.30. The molecule has 0 amide bonds. The van der Waals surface area contributed by atoms with Crippen molar-refractivity contribution in [3.05, 3.63) is 0 Å². The van der Waals surface area contributed by atoms with Crippen molar-refractivity contribution >= 4 is 39.5 Å². The third-order valence-corrected chi connectivity index (χ3v) is 18.3. The number of carbonyl (C=O) groups excluding carboxylic acids is 4. The Kier molecular flexibility index (Phi) is 61.1. The Morgan fingerprint density at radius 2 is 0.545 bits per heavy atom. The van der Waals surface area contributed by atoms with Gasteiger partial charge in [-0.15, -0.1) is 0 Å². The lowest BCUT2D eigenvalue weighted by atomic mass is 9.99. The molecule has 0 rings (SSSR count). The molecule has 522 valence electrons. The molecule has 0 aliphatic rings. The number of rotatable bonds is 69. The van der Waals surface area contributed by atoms with Crippen LogP contribution in [0.25, 0.3) is 0 Å². The highest BCUT2D eigenvalue weighted by molar-refractivity contribution is 7.47. The van der Waals surface area contributed by atoms with Gasteiger partial charge in [-0.2, -0.15) is 0 Å². The topological polar surface area (TPSA) is 237 Å². The first-order valence-electron chi connectivity index (χ1n) is 36.2. The van der Waals surface area contributed by atoms with E-state index in [0.717, 1.165) is 109 Å². The highest BCUT2D eigenvalue weighted by Crippen LogP contribution is 2.45. The fourth-order valence-electron chi connectivity index (χ4n) is 10.4. The summed E-state index contributed by atoms with van der Waals surface area (Å²) >= 11 is 0. The minimum atomic E-state index is -4.95. The molecule has 0 fully saturated rings. The van der Waals surface area contributed by atoms with Crippen LogP contribution in [0, 0.1) is 5.92 Å². The normalized spacial score (nSPS) is 14.4. The Morgan fingerprint density at radius 1 is 0.318 bits per heavy atom. The van der Waals surface area contributed by atoms with Crippen LogP contribution in [0.3, 0.4) is 0 Å². The van der Waals surface area contributed by atoms with E-state index in [0.29, 0.717) is 25.7 Å². The van der Waals surface area contributed by atoms with Crippen LogP contribution in [0.5, 0.6) is 0 Å². The molecule has 0 aromatic heterocycles. The molecule has 3 unspecified atom stereocenters. The molecule has 17 nitrogen and oxygen atoms in total. The lowest BCUT2D eigenvalue weighted by Crippen LogP contribution is -2.30. The zero-order chi connectivity index (χ0) is 64.9. The van der Waals surface area contributed by atoms with E-state index in [-0.39, 0.29) is 25.7 Å². The summed E-state index contributed by atoms with van der Waals surface area (Å²) in [6, 6.07) is 0. The number of hydrogen-bond donors (Lipinski definition) is 3. The van der Waals surface area contributed by atoms with Gasteiger partial charge in [0.15, 0.2) is 12.2 Å². The van der Waals surface area contributed by atoms with Crippen molar-refractivity contribution in [3.63, 3.8) is 0 Å². The fourth-order valence-corrected chi connectivity index (χ4v) is 12.0. The third-order valence-electron chi connectivity index (χ3n) is 16.4. The molecule has 0 heterocycles. The van der Waals surface area contributed by atoms with Crippen molar-refractivity contribution in [2.75, 3.05) is 39.6 Å². The number of unbranched alkanes of at least 4 members (excludes halogenated alkanes) is 40. The van der Waals surface area contributed by atoms with Gasteiger partial charge in [0.25, 0.3) is 0 Å². The number of phosphoric ester groups is 2. The van der Waals surface area contributed by atoms with Gasteiger partial charge in [0.05, 0.1) is 26.4 Å². The van der Waals surface area contributed by atoms with E-state index in [1.54, 1.807) is 0 Å². The van der Waals surface area contributed by atoms with Gasteiger partial charge in [-0.3, -0.25) is 37.3 Å². The van der Waals surface area contributed by atoms with E-state index in [4.69, 9.17) is 37.0 Å². The van der Waals surface area contributed by atoms with Gasteiger partial charge in [0.1, 0.15) is 19.3 Å². The van der Waals surface area contributed by atoms with Crippen LogP contribution in [0.15, 0.2) is 0 Å². The van der Waals surface area contributed by atoms with Crippen LogP contribution in [0.1, 0.15) is 356 Å². The first-order valence-corrected chi connectivity index (χ1v) is 39.2. The molecule has 0 aliphatic heterocycles. The van der Waals surface area contributed by atoms with Gasteiger partial charge in [0.2, 0.25) is 0 Å². The Morgan fingerprint density at radius 3 is 0.807 bits per heavy atom. The van der Waals surface area contributed by atoms with E-state index in [2.05, 4.69) is 34.6 Å². The SMILES string of the molecule is CCCCCCCCCCCCCCCC(=O)OC[C@H](COP(=O)(O)OC[C@@H](O)COP(=O)(O)OC[C@@H](COC(=O)CCCCCCCCC)OC(=O)CCCCCCCCCCCC)OC(=O)CCCCCCCCCCCCCCCCC(C)CC. The minimum Gasteiger partial charge on any atom is -0.462 e. The monoisotopic (exact) mass is 1300 g/mol. The van der Waals surface area contributed by atoms with E-state index < -0.39 is 97.5 Å². The highest BCUT2D eigenvalue weighted by atomic mass is 31.2. The molecule has 3 N–H and O–H groups in total. The summed E-state index contributed by atoms with van der Waals surface area (Å²) in [7, 11) is -9.89. The predicted octanol–water partition coefficient (Wildman–Crippen LogP) is 19.7. The molecule has 0 aliphatic carbocycles. The molecule has 0 radical (unpaired) electrons. The van der Waals surface area contributed by atoms with Gasteiger partial charge in [-0.1, -0.05) is 304 Å². The van der Waals surface area contributed by atoms with Gasteiger partial charge in [-0.25, -0.2) is 9.13 Å². The number of carbonyl (C=O) groups is 4. The first-order chi connectivity index (χ1) is 42.6. The summed E-state index contributed by atoms with van der Waals surface area (Å²) < 4.78 is 68.1. The molecule has 19 heteroatoms. The maximum Gasteiger partial charge on any atom is 0.472 e. The maximum absolute atomic E-state index is 13.0. The second kappa shape index (κ2) is 62.5. The number of aliphatic hydroxyl groups excluding tert-OH is 1. The van der Waals surface area contributed by atoms with Crippen molar-refractivity contribution in [2.45, 2.75) is 374 Å². The number of aliphatic hydroxyl groups is 1. The van der Waals surface area contributed by atoms with Crippen molar-refractivity contribution in [3.8, 4) is 0 Å². The number of ether oxygens (including phenoxy) is 4. The largest absolute Gasteiger partial charge is 0.472 e. The second-order valence-electron chi connectivity index (χ2n) is 25.2. The lowest BCUT2D eigenvalue weighted by Gasteiger charge is -2.21. The van der Waals surface area contributed by atoms with Crippen LogP contribution in [0.4, 0.5) is 0 Å². The van der Waals surface area contributed by atoms with Gasteiger partial charge < -0.3 is 33.8 Å². The fraction of sp³-hybridized carbons (Fsp3) is 0.942. The van der Waals surface area contributed by atoms with E-state index in [1.807, 2.05) is 0 Å². The zero-order valence-electron chi connectivity index (χ0n) is 56.9. The Hall–Kier alpha value is -1.94. The van der Waals surface area contributed by atoms with Crippen LogP contribution in [0.2, 0.25) is 0 Å². The summed E-state index contributed by atoms with van der Waals surface area (Å²) in [4.78, 5) is 72.3. The molecule has 88 heavy (non-hydrogen) atoms. The van der Waals surface area contributed by atoms with Crippen LogP contribution >= 0.6 is 15.6 Å². The Bertz CT molecular complexity index is 1710. The standard InChI is InChI=1S/C69H134O17P2/c1-6-10-13-16-19-21-23-26-30-34-38-43-48-53-67(72)80-59-65(86-69(74)55-50-45-40-35-31-28-25-24-27-29-32-37-41-46-51-62(5)9-4)61-84-88(77,78)82-57-63(70)56-81-87(75,76)83-60-64(58-79-66(71)52-47-42-36-18-15-12-8-3)85-68(73)54-49-44-39-33-22-20-17-14-11-7-2/h62-65,70H,6-61H2,1-5H3,(H,75,76)(H,77,78)/t62?,63-,64+,65+/m0/s1. The van der Waals surface area contributed by atoms with Crippen molar-refractivity contribution in [1.82, 2.24) is 0 Å². The van der Waals surface area contributed by atoms with Crippen LogP contribution < -0.4 is 0 Å². The summed E-state index contributed by atoms with van der Waals surface area (Å²) in [6.45, 7) is 7.25. The summed E-state index contributed by atoms with van der Waals surface area (Å²) in [5, 5.41) is 10.6. The average molecular weight is 1300 g/mol. The average Bonchev–Trinajstić information content (AvgIpc) is 3.66. The van der Waals surface area contributed by atoms with Crippen LogP contribution in [-0.2, 0) is 65.4 Å². The van der Waals surface area contributed by atoms with Crippen molar-refractivity contribution in [2.24, 2.45) is 5.92 Å². The maximum atomic E-state index is 13.0. The summed E-state index contributed by atoms with van der Waals surface area (Å²) in [5.74, 6) is -1.28. The molecular weight excluding hydrogens is 1160 g/mol. The first kappa shape index (κ1) is 86.1. The third kappa shape index (κ3) is 61.6. The molecule has 0 saturated carbocycles. The van der Waals surface area contributed by atoms with Gasteiger partial charge in [-0.05, 0) is 31.6 Å². The predicted molar refractivity (Wildman–Crippen MR) is 354 cm³/mol. The van der Waals surface area contributed by atoms with E-state index >= 15 is 0 Å². The van der Waals surface area contributed by atoms with Crippen LogP contribution in [-0.4, -0.2) is 96.7 Å². The number of esters is 4. The van der Waals surface area contributed by atoms with Gasteiger partial charge in [0, 0.05) is 25.7 Å². The molecule has 0 spiro atoms. The number of hydrogen-bond acceptors (Lipinski definition) is 15. The quantitative estimate of drug-likeness (QED) is 0.0222. The summed E-state index contributed by atoms with van der Waals surface area (Å²) in [5.41, 5.74) is 0. The zero-order valence-corrected chi connectivity index (χ0v) is 58.6. The molecule has 0 bridgehead atoms. The summed E-state index contributed by atoms with van der Waals surface area (Å²) in [6.07, 6.45) is 48.5. The molecule has 0 aromatic carbocycles. The molecule has 0 aromatic rings. The molecule has 0 saturated heterocycles. The molecular formula is C69H134O17P2. The Balaban J connectivity index is 5.19. The van der Waals surface area contributed by atoms with E-state index in [9.17, 15) is 43.2 Å². The van der Waals surface area contributed by atoms with Crippen molar-refractivity contribution in [1.29, 1.82) is 0 Å². The number of phosphoric acid groups is 2. The van der Waals surface area contributed by atoms with Gasteiger partial charge >= 0.3 is 39.5 Å². The smallest absolute Gasteiger partial charge is 0.462 e. The Labute approximate surface area is 537 Å². The van der Waals surface area contributed by atoms with E-state index in [1.165, 1.54) is 167 Å². The lowest BCUT2D eigenvalue weighted by molar-refractivity contribution is -0.161.